The first-order valence-electron chi connectivity index (χ1n) is 7.97. The normalized spacial score (nSPS) is 16.7. The van der Waals surface area contributed by atoms with Gasteiger partial charge < -0.3 is 10.0 Å². The van der Waals surface area contributed by atoms with Crippen molar-refractivity contribution >= 4 is 22.7 Å². The lowest BCUT2D eigenvalue weighted by Crippen LogP contribution is -2.37. The highest BCUT2D eigenvalue weighted by Crippen LogP contribution is 2.22. The Morgan fingerprint density at radius 2 is 2.09 bits per heavy atom. The van der Waals surface area contributed by atoms with Gasteiger partial charge in [-0.25, -0.2) is 0 Å². The minimum Gasteiger partial charge on any atom is -0.481 e. The molecular weight excluding hydrogens is 294 g/mol. The van der Waals surface area contributed by atoms with Crippen LogP contribution in [0.25, 0.3) is 10.9 Å². The number of H-pyrrole nitrogens is 1. The van der Waals surface area contributed by atoms with Crippen molar-refractivity contribution in [3.05, 3.63) is 29.5 Å². The number of carbonyl (C=O) groups excluding carboxylic acids is 1. The number of nitrogens with zero attached hydrogens (tertiary/aromatic N) is 2. The Labute approximate surface area is 134 Å². The average Bonchev–Trinajstić information content (AvgIpc) is 3.03. The maximum absolute atomic E-state index is 12.5. The van der Waals surface area contributed by atoms with Crippen LogP contribution in [0.1, 0.15) is 35.2 Å². The van der Waals surface area contributed by atoms with Gasteiger partial charge >= 0.3 is 5.97 Å². The molecule has 0 aliphatic carbocycles. The maximum atomic E-state index is 12.5. The lowest BCUT2D eigenvalue weighted by atomic mass is 9.96. The van der Waals surface area contributed by atoms with Gasteiger partial charge in [0, 0.05) is 23.9 Å². The number of nitrogens with one attached hydrogen (secondary N) is 1. The predicted octanol–water partition coefficient (Wildman–Crippen LogP) is 2.24. The Morgan fingerprint density at radius 1 is 1.35 bits per heavy atom. The molecule has 1 fully saturated rings. The molecule has 0 unspecified atom stereocenters. The molecule has 3 rings (SSSR count). The third kappa shape index (κ3) is 3.27. The molecule has 1 aliphatic rings. The molecule has 0 spiro atoms. The summed E-state index contributed by atoms with van der Waals surface area (Å²) in [5.74, 6) is -0.802. The van der Waals surface area contributed by atoms with E-state index in [4.69, 9.17) is 5.11 Å². The average molecular weight is 315 g/mol. The van der Waals surface area contributed by atoms with Crippen LogP contribution in [0.4, 0.5) is 0 Å². The van der Waals surface area contributed by atoms with Crippen LogP contribution in [0, 0.1) is 12.8 Å². The van der Waals surface area contributed by atoms with E-state index in [0.29, 0.717) is 25.8 Å². The summed E-state index contributed by atoms with van der Waals surface area (Å²) < 4.78 is 0. The molecule has 6 heteroatoms. The first kappa shape index (κ1) is 15.7. The van der Waals surface area contributed by atoms with E-state index in [0.717, 1.165) is 35.1 Å². The number of aromatic amines is 1. The van der Waals surface area contributed by atoms with Crippen LogP contribution >= 0.6 is 0 Å². The summed E-state index contributed by atoms with van der Waals surface area (Å²) in [7, 11) is 0. The third-order valence-corrected chi connectivity index (χ3v) is 4.79. The molecule has 1 aromatic carbocycles. The van der Waals surface area contributed by atoms with E-state index in [9.17, 15) is 9.59 Å². The van der Waals surface area contributed by atoms with Crippen molar-refractivity contribution in [2.75, 3.05) is 19.6 Å². The number of carbonyl (C=O) groups is 2. The molecule has 0 saturated carbocycles. The molecule has 0 bridgehead atoms. The molecule has 6 nitrogen and oxygen atoms in total. The lowest BCUT2D eigenvalue weighted by molar-refractivity contribution is -0.143. The van der Waals surface area contributed by atoms with Crippen molar-refractivity contribution in [1.82, 2.24) is 15.1 Å². The molecular formula is C17H21N3O3. The summed E-state index contributed by atoms with van der Waals surface area (Å²) in [5.41, 5.74) is 2.65. The number of carboxylic acid groups (broad SMARTS) is 1. The maximum Gasteiger partial charge on any atom is 0.306 e. The van der Waals surface area contributed by atoms with Gasteiger partial charge in [0.1, 0.15) is 0 Å². The SMILES string of the molecule is Cc1c(C(=O)CCN2CCC(C(=O)O)CC2)ccc2[nH]ncc12. The summed E-state index contributed by atoms with van der Waals surface area (Å²) in [5, 5.41) is 16.9. The number of ketones is 1. The van der Waals surface area contributed by atoms with Crippen molar-refractivity contribution in [3.8, 4) is 0 Å². The van der Waals surface area contributed by atoms with Gasteiger partial charge in [-0.2, -0.15) is 5.10 Å². The highest BCUT2D eigenvalue weighted by Gasteiger charge is 2.24. The molecule has 23 heavy (non-hydrogen) atoms. The van der Waals surface area contributed by atoms with Crippen LogP contribution in [0.5, 0.6) is 0 Å². The second-order valence-electron chi connectivity index (χ2n) is 6.20. The van der Waals surface area contributed by atoms with E-state index in [1.54, 1.807) is 6.20 Å². The number of hydrogen-bond acceptors (Lipinski definition) is 4. The van der Waals surface area contributed by atoms with Crippen LogP contribution < -0.4 is 0 Å². The summed E-state index contributed by atoms with van der Waals surface area (Å²) in [6.07, 6.45) is 3.55. The van der Waals surface area contributed by atoms with E-state index in [1.807, 2.05) is 19.1 Å². The Balaban J connectivity index is 1.59. The Hall–Kier alpha value is -2.21. The molecule has 2 N–H and O–H groups in total. The molecule has 122 valence electrons. The van der Waals surface area contributed by atoms with E-state index in [1.165, 1.54) is 0 Å². The monoisotopic (exact) mass is 315 g/mol. The summed E-state index contributed by atoms with van der Waals surface area (Å²) in [4.78, 5) is 25.6. The largest absolute Gasteiger partial charge is 0.481 e. The van der Waals surface area contributed by atoms with Gasteiger partial charge in [0.15, 0.2) is 5.78 Å². The van der Waals surface area contributed by atoms with Crippen molar-refractivity contribution in [3.63, 3.8) is 0 Å². The van der Waals surface area contributed by atoms with Gasteiger partial charge in [-0.1, -0.05) is 0 Å². The number of Topliss-reactive ketones (excluding diaryl/α,β-unsaturated/α-hetero) is 1. The van der Waals surface area contributed by atoms with Gasteiger partial charge in [-0.05, 0) is 50.6 Å². The van der Waals surface area contributed by atoms with Crippen molar-refractivity contribution < 1.29 is 14.7 Å². The van der Waals surface area contributed by atoms with Crippen LogP contribution in [0.15, 0.2) is 18.3 Å². The second kappa shape index (κ2) is 6.50. The number of fused-ring (bicyclic) bond motifs is 1. The summed E-state index contributed by atoms with van der Waals surface area (Å²) in [6.45, 7) is 4.14. The first-order valence-corrected chi connectivity index (χ1v) is 7.97. The number of aromatic nitrogens is 2. The quantitative estimate of drug-likeness (QED) is 0.826. The fourth-order valence-electron chi connectivity index (χ4n) is 3.26. The topological polar surface area (TPSA) is 86.3 Å². The number of rotatable bonds is 5. The van der Waals surface area contributed by atoms with Crippen LogP contribution in [0.2, 0.25) is 0 Å². The van der Waals surface area contributed by atoms with E-state index in [2.05, 4.69) is 15.1 Å². The Kier molecular flexibility index (Phi) is 4.43. The second-order valence-corrected chi connectivity index (χ2v) is 6.20. The van der Waals surface area contributed by atoms with Gasteiger partial charge in [0.05, 0.1) is 17.6 Å². The van der Waals surface area contributed by atoms with Gasteiger partial charge in [-0.3, -0.25) is 14.7 Å². The fraction of sp³-hybridized carbons (Fsp3) is 0.471. The zero-order chi connectivity index (χ0) is 16.4. The minimum atomic E-state index is -0.704. The van der Waals surface area contributed by atoms with E-state index in [-0.39, 0.29) is 11.7 Å². The molecule has 1 aromatic heterocycles. The Bertz CT molecular complexity index is 730. The molecule has 1 aliphatic heterocycles. The standard InChI is InChI=1S/C17H21N3O3/c1-11-13(2-3-15-14(11)10-18-19-15)16(21)6-9-20-7-4-12(5-8-20)17(22)23/h2-3,10,12H,4-9H2,1H3,(H,18,19)(H,22,23). The van der Waals surface area contributed by atoms with Crippen LogP contribution in [-0.4, -0.2) is 51.6 Å². The first-order chi connectivity index (χ1) is 11.1. The molecule has 2 aromatic rings. The van der Waals surface area contributed by atoms with E-state index < -0.39 is 5.97 Å². The zero-order valence-electron chi connectivity index (χ0n) is 13.2. The van der Waals surface area contributed by atoms with Gasteiger partial charge in [-0.15, -0.1) is 0 Å². The van der Waals surface area contributed by atoms with Crippen molar-refractivity contribution in [2.24, 2.45) is 5.92 Å². The summed E-state index contributed by atoms with van der Waals surface area (Å²) >= 11 is 0. The Morgan fingerprint density at radius 3 is 2.78 bits per heavy atom. The molecule has 1 saturated heterocycles. The smallest absolute Gasteiger partial charge is 0.306 e. The highest BCUT2D eigenvalue weighted by molar-refractivity contribution is 6.01. The van der Waals surface area contributed by atoms with Gasteiger partial charge in [0.25, 0.3) is 0 Å². The number of aliphatic carboxylic acids is 1. The molecule has 0 atom stereocenters. The third-order valence-electron chi connectivity index (χ3n) is 4.79. The number of likely N-dealkylation sites (tertiary alicyclic amines) is 1. The zero-order valence-corrected chi connectivity index (χ0v) is 13.2. The number of benzene rings is 1. The summed E-state index contributed by atoms with van der Waals surface area (Å²) in [6, 6.07) is 3.75. The molecule has 0 radical (unpaired) electrons. The minimum absolute atomic E-state index is 0.131. The van der Waals surface area contributed by atoms with Crippen molar-refractivity contribution in [1.29, 1.82) is 0 Å². The number of piperidine rings is 1. The molecule has 0 amide bonds. The number of carboxylic acids is 1. The van der Waals surface area contributed by atoms with E-state index >= 15 is 0 Å². The van der Waals surface area contributed by atoms with Crippen LogP contribution in [0.3, 0.4) is 0 Å². The number of aryl methyl sites for hydroxylation is 1. The number of hydrogen-bond donors (Lipinski definition) is 2. The lowest BCUT2D eigenvalue weighted by Gasteiger charge is -2.29. The fourth-order valence-corrected chi connectivity index (χ4v) is 3.26. The van der Waals surface area contributed by atoms with Crippen molar-refractivity contribution in [2.45, 2.75) is 26.2 Å². The highest BCUT2D eigenvalue weighted by atomic mass is 16.4. The molecule has 2 heterocycles. The van der Waals surface area contributed by atoms with Crippen LogP contribution in [-0.2, 0) is 4.79 Å². The van der Waals surface area contributed by atoms with Gasteiger partial charge in [0.2, 0.25) is 0 Å². The predicted molar refractivity (Wildman–Crippen MR) is 86.6 cm³/mol.